The van der Waals surface area contributed by atoms with Crippen LogP contribution in [0.3, 0.4) is 0 Å². The molecule has 5 aromatic carbocycles. The monoisotopic (exact) mass is 676 g/mol. The average Bonchev–Trinajstić information content (AvgIpc) is 3.82. The van der Waals surface area contributed by atoms with Gasteiger partial charge in [-0.2, -0.15) is 5.10 Å². The summed E-state index contributed by atoms with van der Waals surface area (Å²) in [4.78, 5) is 10.5. The molecular weight excluding hydrogens is 648 g/mol. The van der Waals surface area contributed by atoms with E-state index in [-0.39, 0.29) is 0 Å². The fourth-order valence-electron chi connectivity index (χ4n) is 6.49. The molecule has 0 N–H and O–H groups in total. The first-order chi connectivity index (χ1) is 23.6. The zero-order chi connectivity index (χ0) is 32.5. The first-order valence-electron chi connectivity index (χ1n) is 15.6. The highest BCUT2D eigenvalue weighted by atomic mass is 35.5. The molecule has 0 aliphatic rings. The minimum absolute atomic E-state index is 0.681. The van der Waals surface area contributed by atoms with Gasteiger partial charge in [0.15, 0.2) is 0 Å². The normalized spacial score (nSPS) is 11.6. The number of thioether (sulfide) groups is 1. The van der Waals surface area contributed by atoms with E-state index in [4.69, 9.17) is 21.7 Å². The first kappa shape index (κ1) is 30.3. The molecule has 0 radical (unpaired) electrons. The molecule has 0 saturated carbocycles. The van der Waals surface area contributed by atoms with Gasteiger partial charge in [0.1, 0.15) is 17.6 Å². The van der Waals surface area contributed by atoms with Gasteiger partial charge in [0.05, 0.1) is 20.3 Å². The Labute approximate surface area is 292 Å². The van der Waals surface area contributed by atoms with Crippen molar-refractivity contribution >= 4 is 45.6 Å². The molecule has 4 nitrogen and oxygen atoms in total. The summed E-state index contributed by atoms with van der Waals surface area (Å²) >= 11 is 9.88. The quantitative estimate of drug-likeness (QED) is 0.119. The smallest absolute Gasteiger partial charge is 0.138 e. The van der Waals surface area contributed by atoms with E-state index in [1.807, 2.05) is 24.3 Å². The zero-order valence-electron chi connectivity index (χ0n) is 26.0. The largest absolute Gasteiger partial charge is 0.252 e. The van der Waals surface area contributed by atoms with Crippen molar-refractivity contribution in [2.75, 3.05) is 6.26 Å². The Bertz CT molecular complexity index is 2240. The summed E-state index contributed by atoms with van der Waals surface area (Å²) in [6.45, 7) is 0. The molecule has 8 aromatic rings. The van der Waals surface area contributed by atoms with E-state index in [0.717, 1.165) is 60.5 Å². The molecule has 0 atom stereocenters. The first-order valence-corrected chi connectivity index (χ1v) is 18.0. The van der Waals surface area contributed by atoms with Gasteiger partial charge in [0.25, 0.3) is 0 Å². The van der Waals surface area contributed by atoms with Crippen molar-refractivity contribution in [1.82, 2.24) is 19.7 Å². The van der Waals surface area contributed by atoms with Crippen LogP contribution in [0.25, 0.3) is 43.9 Å². The molecule has 3 heterocycles. The predicted octanol–water partition coefficient (Wildman–Crippen LogP) is 11.1. The Kier molecular flexibility index (Phi) is 8.14. The van der Waals surface area contributed by atoms with Crippen LogP contribution < -0.4 is 0 Å². The molecule has 0 bridgehead atoms. The number of aromatic nitrogens is 4. The highest BCUT2D eigenvalue weighted by molar-refractivity contribution is 8.00. The average molecular weight is 677 g/mol. The van der Waals surface area contributed by atoms with Crippen LogP contribution in [0.5, 0.6) is 0 Å². The topological polar surface area (TPSA) is 43.6 Å². The number of benzene rings is 5. The summed E-state index contributed by atoms with van der Waals surface area (Å²) in [6.07, 6.45) is 5.95. The van der Waals surface area contributed by atoms with Crippen LogP contribution in [0.2, 0.25) is 5.02 Å². The van der Waals surface area contributed by atoms with Gasteiger partial charge in [0, 0.05) is 27.7 Å². The fraction of sp³-hybridized carbons (Fsp3) is 0.0488. The lowest BCUT2D eigenvalue weighted by molar-refractivity contribution is 0.461. The van der Waals surface area contributed by atoms with Crippen LogP contribution in [0.15, 0.2) is 162 Å². The lowest BCUT2D eigenvalue weighted by Crippen LogP contribution is -2.38. The van der Waals surface area contributed by atoms with Crippen LogP contribution in [0.1, 0.15) is 16.7 Å². The molecular formula is C41H29ClN4S2. The second kappa shape index (κ2) is 12.9. The summed E-state index contributed by atoms with van der Waals surface area (Å²) < 4.78 is 3.39. The Morgan fingerprint density at radius 3 is 1.83 bits per heavy atom. The van der Waals surface area contributed by atoms with Crippen LogP contribution in [0, 0.1) is 0 Å². The molecule has 0 amide bonds. The van der Waals surface area contributed by atoms with Crippen molar-refractivity contribution in [3.05, 3.63) is 180 Å². The molecule has 0 fully saturated rings. The maximum absolute atomic E-state index is 6.39. The molecule has 232 valence electrons. The second-order valence-corrected chi connectivity index (χ2v) is 14.1. The molecule has 48 heavy (non-hydrogen) atoms. The molecule has 0 unspecified atom stereocenters. The van der Waals surface area contributed by atoms with Gasteiger partial charge in [-0.3, -0.25) is 4.68 Å². The Morgan fingerprint density at radius 1 is 0.646 bits per heavy atom. The van der Waals surface area contributed by atoms with Crippen molar-refractivity contribution in [2.24, 2.45) is 0 Å². The van der Waals surface area contributed by atoms with E-state index >= 15 is 0 Å². The van der Waals surface area contributed by atoms with Gasteiger partial charge in [-0.15, -0.1) is 23.1 Å². The summed E-state index contributed by atoms with van der Waals surface area (Å²) in [6, 6.07) is 50.5. The number of hydrogen-bond acceptors (Lipinski definition) is 5. The van der Waals surface area contributed by atoms with Crippen LogP contribution in [-0.2, 0) is 5.54 Å². The van der Waals surface area contributed by atoms with E-state index in [1.54, 1.807) is 29.4 Å². The van der Waals surface area contributed by atoms with Gasteiger partial charge in [-0.1, -0.05) is 121 Å². The van der Waals surface area contributed by atoms with E-state index in [9.17, 15) is 0 Å². The SMILES string of the molecule is CSc1ccc(-c2ncnc3ccc(-c4cn(C(c5ccccc5)(c5ccccc5)c5ccccc5)nc4-c4ccc(Cl)cc4)cc23)s1. The van der Waals surface area contributed by atoms with E-state index in [2.05, 4.69) is 143 Å². The Morgan fingerprint density at radius 2 is 1.25 bits per heavy atom. The minimum Gasteiger partial charge on any atom is -0.252 e. The maximum atomic E-state index is 6.39. The van der Waals surface area contributed by atoms with Crippen molar-refractivity contribution in [2.45, 2.75) is 9.75 Å². The lowest BCUT2D eigenvalue weighted by Gasteiger charge is -2.36. The minimum atomic E-state index is -0.764. The zero-order valence-corrected chi connectivity index (χ0v) is 28.4. The lowest BCUT2D eigenvalue weighted by atomic mass is 9.77. The van der Waals surface area contributed by atoms with E-state index in [0.29, 0.717) is 5.02 Å². The number of rotatable bonds is 8. The molecule has 7 heteroatoms. The summed E-state index contributed by atoms with van der Waals surface area (Å²) in [7, 11) is 0. The fourth-order valence-corrected chi connectivity index (χ4v) is 8.17. The van der Waals surface area contributed by atoms with Crippen molar-refractivity contribution in [3.8, 4) is 33.0 Å². The number of hydrogen-bond donors (Lipinski definition) is 0. The maximum Gasteiger partial charge on any atom is 0.138 e. The van der Waals surface area contributed by atoms with E-state index < -0.39 is 5.54 Å². The molecule has 0 aliphatic heterocycles. The molecule has 0 aliphatic carbocycles. The molecule has 0 spiro atoms. The third kappa shape index (κ3) is 5.32. The van der Waals surface area contributed by atoms with Gasteiger partial charge in [0.2, 0.25) is 0 Å². The van der Waals surface area contributed by atoms with Crippen molar-refractivity contribution in [1.29, 1.82) is 0 Å². The van der Waals surface area contributed by atoms with Gasteiger partial charge in [-0.25, -0.2) is 9.97 Å². The number of halogens is 1. The number of fused-ring (bicyclic) bond motifs is 1. The predicted molar refractivity (Wildman–Crippen MR) is 201 cm³/mol. The highest BCUT2D eigenvalue weighted by Crippen LogP contribution is 2.44. The number of nitrogens with zero attached hydrogens (tertiary/aromatic N) is 4. The third-order valence-corrected chi connectivity index (χ3v) is 11.1. The summed E-state index contributed by atoms with van der Waals surface area (Å²) in [5, 5.41) is 7.19. The Balaban J connectivity index is 1.43. The van der Waals surface area contributed by atoms with Crippen molar-refractivity contribution in [3.63, 3.8) is 0 Å². The molecule has 8 rings (SSSR count). The van der Waals surface area contributed by atoms with Gasteiger partial charge >= 0.3 is 0 Å². The van der Waals surface area contributed by atoms with Crippen molar-refractivity contribution < 1.29 is 0 Å². The van der Waals surface area contributed by atoms with Gasteiger partial charge in [-0.05, 0) is 64.9 Å². The highest BCUT2D eigenvalue weighted by Gasteiger charge is 2.40. The van der Waals surface area contributed by atoms with Crippen LogP contribution in [0.4, 0.5) is 0 Å². The second-order valence-electron chi connectivity index (χ2n) is 11.4. The van der Waals surface area contributed by atoms with Crippen LogP contribution >= 0.6 is 34.7 Å². The van der Waals surface area contributed by atoms with Crippen LogP contribution in [-0.4, -0.2) is 26.0 Å². The standard InChI is InChI=1S/C41H29ClN4S2/c1-47-38-24-23-37(48-38)40-34-25-29(19-22-36(34)43-27-44-40)35-26-46(45-39(35)28-17-20-33(42)21-18-28)41(30-11-5-2-6-12-30,31-13-7-3-8-14-31)32-15-9-4-10-16-32/h2-27H,1H3. The van der Waals surface area contributed by atoms with Gasteiger partial charge < -0.3 is 0 Å². The summed E-state index contributed by atoms with van der Waals surface area (Å²) in [5.41, 5.74) is 8.24. The van der Waals surface area contributed by atoms with E-state index in [1.165, 1.54) is 4.21 Å². The Hall–Kier alpha value is -5.01. The third-order valence-electron chi connectivity index (χ3n) is 8.71. The molecule has 3 aromatic heterocycles. The summed E-state index contributed by atoms with van der Waals surface area (Å²) in [5.74, 6) is 0. The number of thiophene rings is 1. The molecule has 0 saturated heterocycles.